The molecule has 8 rings (SSSR count). The van der Waals surface area contributed by atoms with Crippen LogP contribution < -0.4 is 0 Å². The molecule has 0 fully saturated rings. The largest absolute Gasteiger partial charge is 2.00 e. The smallest absolute Gasteiger partial charge is 0.481 e. The molecular weight excluding hydrogens is 696 g/mol. The molecule has 0 aliphatic heterocycles. The molecule has 4 aromatic carbocycles. The minimum atomic E-state index is 0. The summed E-state index contributed by atoms with van der Waals surface area (Å²) in [5.74, 6) is 0.520. The average molecular weight is 714 g/mol. The van der Waals surface area contributed by atoms with Gasteiger partial charge in [0, 0.05) is 23.3 Å². The Kier molecular flexibility index (Phi) is 6.15. The van der Waals surface area contributed by atoms with Gasteiger partial charge in [0.2, 0.25) is 0 Å². The molecule has 0 saturated heterocycles. The summed E-state index contributed by atoms with van der Waals surface area (Å²) in [4.78, 5) is 14.0. The summed E-state index contributed by atoms with van der Waals surface area (Å²) in [5, 5.41) is 5.08. The van der Waals surface area contributed by atoms with Crippen LogP contribution >= 0.6 is 11.3 Å². The third-order valence-electron chi connectivity index (χ3n) is 6.85. The number of aromatic nitrogens is 4. The van der Waals surface area contributed by atoms with Gasteiger partial charge in [-0.1, -0.05) is 59.0 Å². The van der Waals surface area contributed by atoms with Crippen LogP contribution in [0.1, 0.15) is 0 Å². The summed E-state index contributed by atoms with van der Waals surface area (Å²) in [6.45, 7) is 0. The van der Waals surface area contributed by atoms with Crippen LogP contribution in [-0.4, -0.2) is 19.5 Å². The van der Waals surface area contributed by atoms with E-state index in [2.05, 4.69) is 63.1 Å². The number of fused-ring (bicyclic) bond motifs is 4. The van der Waals surface area contributed by atoms with Crippen molar-refractivity contribution < 1.29 is 25.5 Å². The zero-order valence-electron chi connectivity index (χ0n) is 20.8. The van der Waals surface area contributed by atoms with Crippen LogP contribution in [-0.2, 0) is 21.1 Å². The van der Waals surface area contributed by atoms with Gasteiger partial charge in [0.1, 0.15) is 11.5 Å². The first-order valence-corrected chi connectivity index (χ1v) is 13.4. The summed E-state index contributed by atoms with van der Waals surface area (Å²) in [6.07, 6.45) is 3.62. The van der Waals surface area contributed by atoms with Gasteiger partial charge in [-0.3, -0.25) is 9.97 Å². The minimum Gasteiger partial charge on any atom is -0.481 e. The quantitative estimate of drug-likeness (QED) is 0.172. The molecular formula is C33H18N4OPtS. The molecule has 5 nitrogen and oxygen atoms in total. The van der Waals surface area contributed by atoms with E-state index in [0.717, 1.165) is 66.0 Å². The van der Waals surface area contributed by atoms with Crippen molar-refractivity contribution in [1.82, 2.24) is 19.5 Å². The van der Waals surface area contributed by atoms with Crippen molar-refractivity contribution in [3.05, 3.63) is 121 Å². The monoisotopic (exact) mass is 713 g/mol. The first-order chi connectivity index (χ1) is 19.3. The summed E-state index contributed by atoms with van der Waals surface area (Å²) in [7, 11) is 0. The van der Waals surface area contributed by atoms with Crippen molar-refractivity contribution in [1.29, 1.82) is 0 Å². The molecule has 0 aliphatic rings. The number of para-hydroxylation sites is 3. The van der Waals surface area contributed by atoms with Gasteiger partial charge in [-0.2, -0.15) is 0 Å². The van der Waals surface area contributed by atoms with E-state index in [0.29, 0.717) is 5.89 Å². The third kappa shape index (κ3) is 4.00. The predicted octanol–water partition coefficient (Wildman–Crippen LogP) is 8.38. The molecule has 0 unspecified atom stereocenters. The van der Waals surface area contributed by atoms with Crippen LogP contribution in [0.4, 0.5) is 0 Å². The normalized spacial score (nSPS) is 11.3. The van der Waals surface area contributed by atoms with Crippen LogP contribution in [0.25, 0.3) is 71.9 Å². The summed E-state index contributed by atoms with van der Waals surface area (Å²) >= 11 is 1.59. The maximum Gasteiger partial charge on any atom is 2.00 e. The molecule has 0 spiro atoms. The average Bonchev–Trinajstić information content (AvgIpc) is 3.75. The molecule has 4 heterocycles. The number of benzene rings is 4. The van der Waals surface area contributed by atoms with E-state index in [-0.39, 0.29) is 21.1 Å². The molecule has 0 aliphatic carbocycles. The molecule has 40 heavy (non-hydrogen) atoms. The van der Waals surface area contributed by atoms with Gasteiger partial charge >= 0.3 is 21.1 Å². The number of thiazole rings is 1. The van der Waals surface area contributed by atoms with Gasteiger partial charge < -0.3 is 14.0 Å². The Morgan fingerprint density at radius 2 is 1.65 bits per heavy atom. The standard InChI is InChI=1S/C33H18N4OS.Pt/c1-3-13-29-23(10-1)24-19-26(33-35-16-17-39-33)25(32-36-28-12-2-4-14-31(28)38-32)20-30(24)37(29)22-9-7-8-21(18-22)27-11-5-6-15-34-27;/h1-17,19H;/q-2;+2. The van der Waals surface area contributed by atoms with Crippen molar-refractivity contribution in [2.45, 2.75) is 0 Å². The molecule has 0 amide bonds. The summed E-state index contributed by atoms with van der Waals surface area (Å²) < 4.78 is 8.45. The summed E-state index contributed by atoms with van der Waals surface area (Å²) in [5.41, 5.74) is 7.97. The van der Waals surface area contributed by atoms with E-state index in [1.807, 2.05) is 66.2 Å². The van der Waals surface area contributed by atoms with Gasteiger partial charge in [-0.05, 0) is 46.5 Å². The summed E-state index contributed by atoms with van der Waals surface area (Å²) in [6, 6.07) is 37.8. The van der Waals surface area contributed by atoms with Crippen LogP contribution in [0.3, 0.4) is 0 Å². The molecule has 192 valence electrons. The maximum absolute atomic E-state index is 6.25. The first kappa shape index (κ1) is 24.6. The van der Waals surface area contributed by atoms with Gasteiger partial charge in [-0.15, -0.1) is 53.3 Å². The van der Waals surface area contributed by atoms with E-state index < -0.39 is 0 Å². The first-order valence-electron chi connectivity index (χ1n) is 12.5. The SMILES string of the molecule is [Pt+2].[c-]1c(-c2ccccn2)cccc1-n1c2[c-]c(-c3nc4ccccc4o3)c(-c3nccs3)cc2c2ccccc21. The Bertz CT molecular complexity index is 2100. The van der Waals surface area contributed by atoms with Crippen molar-refractivity contribution in [3.8, 4) is 39.0 Å². The second-order valence-corrected chi connectivity index (χ2v) is 10.1. The fraction of sp³-hybridized carbons (Fsp3) is 0. The van der Waals surface area contributed by atoms with Crippen molar-refractivity contribution in [2.75, 3.05) is 0 Å². The number of hydrogen-bond acceptors (Lipinski definition) is 5. The predicted molar refractivity (Wildman–Crippen MR) is 156 cm³/mol. The number of rotatable bonds is 4. The van der Waals surface area contributed by atoms with Crippen molar-refractivity contribution in [3.63, 3.8) is 0 Å². The molecule has 0 bridgehead atoms. The number of nitrogens with zero attached hydrogens (tertiary/aromatic N) is 4. The minimum absolute atomic E-state index is 0. The molecule has 0 atom stereocenters. The van der Waals surface area contributed by atoms with Crippen molar-refractivity contribution >= 4 is 44.2 Å². The van der Waals surface area contributed by atoms with E-state index in [9.17, 15) is 0 Å². The van der Waals surface area contributed by atoms with Crippen LogP contribution in [0.5, 0.6) is 0 Å². The molecule has 0 radical (unpaired) electrons. The number of hydrogen-bond donors (Lipinski definition) is 0. The maximum atomic E-state index is 6.25. The molecule has 0 N–H and O–H groups in total. The van der Waals surface area contributed by atoms with Crippen LogP contribution in [0.2, 0.25) is 0 Å². The number of oxazole rings is 1. The van der Waals surface area contributed by atoms with E-state index in [1.54, 1.807) is 17.5 Å². The van der Waals surface area contributed by atoms with Crippen LogP contribution in [0.15, 0.2) is 113 Å². The van der Waals surface area contributed by atoms with Gasteiger partial charge in [0.25, 0.3) is 0 Å². The van der Waals surface area contributed by atoms with E-state index in [1.165, 1.54) is 0 Å². The van der Waals surface area contributed by atoms with Gasteiger partial charge in [0.15, 0.2) is 0 Å². The zero-order chi connectivity index (χ0) is 25.8. The molecule has 8 aromatic rings. The second-order valence-electron chi connectivity index (χ2n) is 9.16. The van der Waals surface area contributed by atoms with Crippen molar-refractivity contribution in [2.24, 2.45) is 0 Å². The Morgan fingerprint density at radius 1 is 0.775 bits per heavy atom. The topological polar surface area (TPSA) is 56.7 Å². The zero-order valence-corrected chi connectivity index (χ0v) is 23.9. The number of pyridine rings is 1. The molecule has 7 heteroatoms. The second kappa shape index (κ2) is 9.98. The fourth-order valence-corrected chi connectivity index (χ4v) is 5.78. The Hall–Kier alpha value is -4.38. The molecule has 0 saturated carbocycles. The van der Waals surface area contributed by atoms with Gasteiger partial charge in [-0.25, -0.2) is 0 Å². The Morgan fingerprint density at radius 3 is 2.50 bits per heavy atom. The van der Waals surface area contributed by atoms with Crippen LogP contribution in [0, 0.1) is 12.1 Å². The van der Waals surface area contributed by atoms with E-state index in [4.69, 9.17) is 9.40 Å². The fourth-order valence-electron chi connectivity index (χ4n) is 5.12. The van der Waals surface area contributed by atoms with E-state index >= 15 is 0 Å². The Labute approximate surface area is 248 Å². The third-order valence-corrected chi connectivity index (χ3v) is 7.65. The van der Waals surface area contributed by atoms with Gasteiger partial charge in [0.05, 0.1) is 10.5 Å². The Balaban J connectivity index is 0.00000264. The molecule has 4 aromatic heterocycles.